The van der Waals surface area contributed by atoms with Crippen LogP contribution in [0.5, 0.6) is 5.75 Å². The molecule has 2 atom stereocenters. The first-order valence-electron chi connectivity index (χ1n) is 7.76. The highest BCUT2D eigenvalue weighted by atomic mass is 16.5. The van der Waals surface area contributed by atoms with Gasteiger partial charge in [0, 0.05) is 0 Å². The highest BCUT2D eigenvalue weighted by Crippen LogP contribution is 2.33. The van der Waals surface area contributed by atoms with Gasteiger partial charge in [-0.15, -0.1) is 0 Å². The normalized spacial score (nSPS) is 16.6. The molecule has 2 N–H and O–H groups in total. The van der Waals surface area contributed by atoms with E-state index in [0.717, 1.165) is 18.4 Å². The van der Waals surface area contributed by atoms with Crippen molar-refractivity contribution in [3.63, 3.8) is 0 Å². The number of carboxylic acids is 1. The van der Waals surface area contributed by atoms with Crippen molar-refractivity contribution in [2.75, 3.05) is 0 Å². The number of nitrogens with one attached hydrogen (secondary N) is 1. The monoisotopic (exact) mass is 305 g/mol. The van der Waals surface area contributed by atoms with Crippen LogP contribution < -0.4 is 10.1 Å². The van der Waals surface area contributed by atoms with E-state index in [0.29, 0.717) is 24.5 Å². The Hall–Kier alpha value is -2.04. The third kappa shape index (κ3) is 4.48. The van der Waals surface area contributed by atoms with Crippen molar-refractivity contribution >= 4 is 11.9 Å². The van der Waals surface area contributed by atoms with Gasteiger partial charge in [-0.25, -0.2) is 4.79 Å². The number of aliphatic carboxylic acids is 1. The Balaban J connectivity index is 1.98. The summed E-state index contributed by atoms with van der Waals surface area (Å²) in [7, 11) is 0. The summed E-state index contributed by atoms with van der Waals surface area (Å²) in [5, 5.41) is 11.8. The molecular weight excluding hydrogens is 282 g/mol. The zero-order chi connectivity index (χ0) is 16.1. The van der Waals surface area contributed by atoms with Gasteiger partial charge >= 0.3 is 5.97 Å². The van der Waals surface area contributed by atoms with Crippen LogP contribution in [0.15, 0.2) is 24.3 Å². The number of ether oxygens (including phenoxy) is 1. The van der Waals surface area contributed by atoms with E-state index in [1.54, 1.807) is 0 Å². The van der Waals surface area contributed by atoms with Crippen molar-refractivity contribution in [1.29, 1.82) is 0 Å². The zero-order valence-electron chi connectivity index (χ0n) is 13.0. The fourth-order valence-corrected chi connectivity index (χ4v) is 2.34. The molecule has 120 valence electrons. The summed E-state index contributed by atoms with van der Waals surface area (Å²) >= 11 is 0. The first-order chi connectivity index (χ1) is 10.5. The van der Waals surface area contributed by atoms with E-state index in [2.05, 4.69) is 5.32 Å². The molecule has 5 nitrogen and oxygen atoms in total. The second-order valence-electron chi connectivity index (χ2n) is 5.86. The summed E-state index contributed by atoms with van der Waals surface area (Å²) in [6, 6.07) is 6.64. The molecule has 5 heteroatoms. The Labute approximate surface area is 130 Å². The van der Waals surface area contributed by atoms with Gasteiger partial charge in [0.25, 0.3) is 5.91 Å². The van der Waals surface area contributed by atoms with Crippen LogP contribution in [-0.4, -0.2) is 29.1 Å². The standard InChI is InChI=1S/C17H23NO4/c1-3-14(22-15-7-5-4-6-11(15)2)16(19)18-13(17(20)21)10-12-8-9-12/h4-7,12-14H,3,8-10H2,1-2H3,(H,18,19)(H,20,21). The summed E-state index contributed by atoms with van der Waals surface area (Å²) in [6.07, 6.45) is 2.41. The zero-order valence-corrected chi connectivity index (χ0v) is 13.0. The second kappa shape index (κ2) is 7.29. The van der Waals surface area contributed by atoms with Crippen LogP contribution in [-0.2, 0) is 9.59 Å². The minimum absolute atomic E-state index is 0.362. The summed E-state index contributed by atoms with van der Waals surface area (Å²) in [5.74, 6) is -0.262. The molecule has 0 bridgehead atoms. The van der Waals surface area contributed by atoms with E-state index in [-0.39, 0.29) is 5.91 Å². The number of para-hydroxylation sites is 1. The number of aryl methyl sites for hydroxylation is 1. The minimum atomic E-state index is -0.981. The molecule has 1 fully saturated rings. The van der Waals surface area contributed by atoms with Gasteiger partial charge in [0.05, 0.1) is 0 Å². The fraction of sp³-hybridized carbons (Fsp3) is 0.529. The van der Waals surface area contributed by atoms with Crippen LogP contribution >= 0.6 is 0 Å². The van der Waals surface area contributed by atoms with E-state index in [1.807, 2.05) is 38.1 Å². The smallest absolute Gasteiger partial charge is 0.326 e. The number of rotatable bonds is 8. The number of carbonyl (C=O) groups excluding carboxylic acids is 1. The Morgan fingerprint density at radius 3 is 2.59 bits per heavy atom. The average Bonchev–Trinajstić information content (AvgIpc) is 3.29. The Morgan fingerprint density at radius 1 is 1.36 bits per heavy atom. The third-order valence-corrected chi connectivity index (χ3v) is 3.91. The number of amides is 1. The molecule has 0 aliphatic heterocycles. The van der Waals surface area contributed by atoms with Crippen molar-refractivity contribution in [2.24, 2.45) is 5.92 Å². The number of benzene rings is 1. The molecule has 1 saturated carbocycles. The first-order valence-corrected chi connectivity index (χ1v) is 7.76. The molecule has 1 aliphatic carbocycles. The van der Waals surface area contributed by atoms with E-state index in [4.69, 9.17) is 4.74 Å². The van der Waals surface area contributed by atoms with E-state index in [1.165, 1.54) is 0 Å². The van der Waals surface area contributed by atoms with Crippen molar-refractivity contribution in [3.05, 3.63) is 29.8 Å². The summed E-state index contributed by atoms with van der Waals surface area (Å²) in [6.45, 7) is 3.76. The van der Waals surface area contributed by atoms with Crippen molar-refractivity contribution in [2.45, 2.75) is 51.7 Å². The topological polar surface area (TPSA) is 75.6 Å². The lowest BCUT2D eigenvalue weighted by Crippen LogP contribution is -2.47. The predicted molar refractivity (Wildman–Crippen MR) is 82.8 cm³/mol. The maximum absolute atomic E-state index is 12.3. The number of hydrogen-bond acceptors (Lipinski definition) is 3. The fourth-order valence-electron chi connectivity index (χ4n) is 2.34. The van der Waals surface area contributed by atoms with E-state index < -0.39 is 18.1 Å². The third-order valence-electron chi connectivity index (χ3n) is 3.91. The molecule has 0 heterocycles. The number of carbonyl (C=O) groups is 2. The Bertz CT molecular complexity index is 539. The van der Waals surface area contributed by atoms with Gasteiger partial charge in [0.1, 0.15) is 11.8 Å². The molecule has 22 heavy (non-hydrogen) atoms. The molecule has 0 radical (unpaired) electrons. The van der Waals surface area contributed by atoms with E-state index >= 15 is 0 Å². The van der Waals surface area contributed by atoms with Crippen molar-refractivity contribution < 1.29 is 19.4 Å². The molecule has 1 aromatic rings. The number of carboxylic acid groups (broad SMARTS) is 1. The SMILES string of the molecule is CCC(Oc1ccccc1C)C(=O)NC(CC1CC1)C(=O)O. The van der Waals surface area contributed by atoms with Gasteiger partial charge in [0.2, 0.25) is 0 Å². The van der Waals surface area contributed by atoms with Crippen LogP contribution in [0.4, 0.5) is 0 Å². The molecule has 0 aromatic heterocycles. The second-order valence-corrected chi connectivity index (χ2v) is 5.86. The molecule has 1 amide bonds. The van der Waals surface area contributed by atoms with Gasteiger partial charge in [0.15, 0.2) is 6.10 Å². The molecule has 0 saturated heterocycles. The summed E-state index contributed by atoms with van der Waals surface area (Å²) < 4.78 is 5.75. The lowest BCUT2D eigenvalue weighted by atomic mass is 10.1. The van der Waals surface area contributed by atoms with Gasteiger partial charge < -0.3 is 15.2 Å². The van der Waals surface area contributed by atoms with Crippen molar-refractivity contribution in [3.8, 4) is 5.75 Å². The van der Waals surface area contributed by atoms with Crippen molar-refractivity contribution in [1.82, 2.24) is 5.32 Å². The molecule has 1 aliphatic rings. The lowest BCUT2D eigenvalue weighted by molar-refractivity contribution is -0.143. The molecule has 1 aromatic carbocycles. The van der Waals surface area contributed by atoms with Crippen LogP contribution in [0, 0.1) is 12.8 Å². The Morgan fingerprint density at radius 2 is 2.05 bits per heavy atom. The van der Waals surface area contributed by atoms with Crippen LogP contribution in [0.25, 0.3) is 0 Å². The van der Waals surface area contributed by atoms with Gasteiger partial charge in [-0.1, -0.05) is 38.0 Å². The van der Waals surface area contributed by atoms with E-state index in [9.17, 15) is 14.7 Å². The molecule has 0 spiro atoms. The lowest BCUT2D eigenvalue weighted by Gasteiger charge is -2.21. The maximum atomic E-state index is 12.3. The number of hydrogen-bond donors (Lipinski definition) is 2. The molecule has 2 unspecified atom stereocenters. The van der Waals surface area contributed by atoms with Gasteiger partial charge in [-0.2, -0.15) is 0 Å². The van der Waals surface area contributed by atoms with Crippen LogP contribution in [0.2, 0.25) is 0 Å². The largest absolute Gasteiger partial charge is 0.480 e. The molecule has 2 rings (SSSR count). The Kier molecular flexibility index (Phi) is 5.41. The molecular formula is C17H23NO4. The summed E-state index contributed by atoms with van der Waals surface area (Å²) in [4.78, 5) is 23.6. The predicted octanol–water partition coefficient (Wildman–Crippen LogP) is 2.52. The minimum Gasteiger partial charge on any atom is -0.480 e. The van der Waals surface area contributed by atoms with Crippen LogP contribution in [0.1, 0.15) is 38.2 Å². The van der Waals surface area contributed by atoms with Crippen LogP contribution in [0.3, 0.4) is 0 Å². The van der Waals surface area contributed by atoms with Gasteiger partial charge in [-0.05, 0) is 37.3 Å². The first kappa shape index (κ1) is 16.3. The summed E-state index contributed by atoms with van der Waals surface area (Å²) in [5.41, 5.74) is 0.946. The highest BCUT2D eigenvalue weighted by molar-refractivity contribution is 5.86. The maximum Gasteiger partial charge on any atom is 0.326 e. The quantitative estimate of drug-likeness (QED) is 0.774. The van der Waals surface area contributed by atoms with Gasteiger partial charge in [-0.3, -0.25) is 4.79 Å². The highest BCUT2D eigenvalue weighted by Gasteiger charge is 2.32. The average molecular weight is 305 g/mol.